The number of aryl methyl sites for hydroxylation is 2. The molecular weight excluding hydrogens is 184 g/mol. The number of hydrogen-bond acceptors (Lipinski definition) is 1. The van der Waals surface area contributed by atoms with Crippen LogP contribution in [0.4, 0.5) is 0 Å². The molecule has 1 aromatic carbocycles. The number of rotatable bonds is 4. The van der Waals surface area contributed by atoms with E-state index in [4.69, 9.17) is 0 Å². The van der Waals surface area contributed by atoms with Crippen molar-refractivity contribution in [3.05, 3.63) is 34.9 Å². The maximum atomic E-state index is 9.39. The zero-order valence-corrected chi connectivity index (χ0v) is 10.2. The van der Waals surface area contributed by atoms with Crippen LogP contribution in [0.2, 0.25) is 0 Å². The summed E-state index contributed by atoms with van der Waals surface area (Å²) in [5.41, 5.74) is 3.91. The summed E-state index contributed by atoms with van der Waals surface area (Å²) in [6.45, 7) is 8.90. The highest BCUT2D eigenvalue weighted by atomic mass is 16.3. The van der Waals surface area contributed by atoms with Crippen LogP contribution >= 0.6 is 0 Å². The van der Waals surface area contributed by atoms with Gasteiger partial charge in [0.15, 0.2) is 0 Å². The first-order valence-electron chi connectivity index (χ1n) is 5.72. The first-order chi connectivity index (χ1) is 7.04. The van der Waals surface area contributed by atoms with Gasteiger partial charge in [-0.05, 0) is 42.9 Å². The van der Waals surface area contributed by atoms with Crippen LogP contribution in [0.3, 0.4) is 0 Å². The summed E-state index contributed by atoms with van der Waals surface area (Å²) in [6.07, 6.45) is 1.05. The Morgan fingerprint density at radius 1 is 1.13 bits per heavy atom. The van der Waals surface area contributed by atoms with E-state index < -0.39 is 0 Å². The zero-order valence-electron chi connectivity index (χ0n) is 10.2. The summed E-state index contributed by atoms with van der Waals surface area (Å²) in [7, 11) is 0. The van der Waals surface area contributed by atoms with Gasteiger partial charge in [-0.15, -0.1) is 0 Å². The maximum Gasteiger partial charge on any atom is 0.0499 e. The quantitative estimate of drug-likeness (QED) is 0.800. The van der Waals surface area contributed by atoms with Crippen molar-refractivity contribution in [3.63, 3.8) is 0 Å². The van der Waals surface area contributed by atoms with E-state index in [1.54, 1.807) is 0 Å². The summed E-state index contributed by atoms with van der Waals surface area (Å²) < 4.78 is 0. The van der Waals surface area contributed by atoms with E-state index in [-0.39, 0.29) is 6.61 Å². The van der Waals surface area contributed by atoms with E-state index in [0.717, 1.165) is 6.42 Å². The van der Waals surface area contributed by atoms with E-state index >= 15 is 0 Å². The topological polar surface area (TPSA) is 20.2 Å². The molecule has 0 amide bonds. The number of benzene rings is 1. The molecule has 0 saturated carbocycles. The van der Waals surface area contributed by atoms with Gasteiger partial charge in [0.25, 0.3) is 0 Å². The number of aliphatic hydroxyl groups excluding tert-OH is 1. The molecule has 0 fully saturated rings. The van der Waals surface area contributed by atoms with Crippen molar-refractivity contribution in [2.24, 2.45) is 5.92 Å². The molecule has 84 valence electrons. The van der Waals surface area contributed by atoms with Gasteiger partial charge in [0, 0.05) is 12.5 Å². The summed E-state index contributed by atoms with van der Waals surface area (Å²) in [5.74, 6) is 0.924. The van der Waals surface area contributed by atoms with Gasteiger partial charge in [-0.25, -0.2) is 0 Å². The van der Waals surface area contributed by atoms with Crippen molar-refractivity contribution in [2.75, 3.05) is 6.61 Å². The fourth-order valence-electron chi connectivity index (χ4n) is 1.90. The lowest BCUT2D eigenvalue weighted by molar-refractivity contribution is 0.249. The van der Waals surface area contributed by atoms with E-state index in [1.807, 2.05) is 0 Å². The third-order valence-corrected chi connectivity index (χ3v) is 2.98. The van der Waals surface area contributed by atoms with Crippen LogP contribution in [-0.4, -0.2) is 11.7 Å². The average Bonchev–Trinajstić information content (AvgIpc) is 2.18. The van der Waals surface area contributed by atoms with Crippen molar-refractivity contribution < 1.29 is 5.11 Å². The minimum atomic E-state index is 0.251. The Labute approximate surface area is 93.1 Å². The van der Waals surface area contributed by atoms with Gasteiger partial charge >= 0.3 is 0 Å². The third-order valence-electron chi connectivity index (χ3n) is 2.98. The molecule has 1 aromatic rings. The first kappa shape index (κ1) is 12.3. The van der Waals surface area contributed by atoms with Gasteiger partial charge in [-0.3, -0.25) is 0 Å². The summed E-state index contributed by atoms with van der Waals surface area (Å²) in [5, 5.41) is 9.39. The van der Waals surface area contributed by atoms with Crippen LogP contribution in [0, 0.1) is 19.8 Å². The average molecular weight is 206 g/mol. The van der Waals surface area contributed by atoms with E-state index in [1.165, 1.54) is 16.7 Å². The Kier molecular flexibility index (Phi) is 4.34. The van der Waals surface area contributed by atoms with Gasteiger partial charge in [0.1, 0.15) is 0 Å². The number of aliphatic hydroxyl groups is 1. The van der Waals surface area contributed by atoms with Crippen LogP contribution in [0.15, 0.2) is 18.2 Å². The molecule has 0 bridgehead atoms. The van der Waals surface area contributed by atoms with Crippen molar-refractivity contribution in [2.45, 2.75) is 40.0 Å². The molecule has 0 heterocycles. The lowest BCUT2D eigenvalue weighted by atomic mass is 9.89. The fourth-order valence-corrected chi connectivity index (χ4v) is 1.90. The second-order valence-corrected chi connectivity index (χ2v) is 4.85. The lowest BCUT2D eigenvalue weighted by Gasteiger charge is -2.18. The van der Waals surface area contributed by atoms with Gasteiger partial charge in [0.2, 0.25) is 0 Å². The molecule has 0 aliphatic carbocycles. The van der Waals surface area contributed by atoms with E-state index in [0.29, 0.717) is 11.8 Å². The second kappa shape index (κ2) is 5.32. The van der Waals surface area contributed by atoms with Gasteiger partial charge in [-0.2, -0.15) is 0 Å². The predicted octanol–water partition coefficient (Wildman–Crippen LogP) is 3.43. The molecule has 1 rings (SSSR count). The SMILES string of the molecule is Cc1ccc(C(CO)CC(C)C)cc1C. The Balaban J connectivity index is 2.87. The molecule has 1 heteroatoms. The van der Waals surface area contributed by atoms with E-state index in [9.17, 15) is 5.11 Å². The molecule has 0 aromatic heterocycles. The van der Waals surface area contributed by atoms with Gasteiger partial charge in [0.05, 0.1) is 0 Å². The van der Waals surface area contributed by atoms with Crippen LogP contribution < -0.4 is 0 Å². The Bertz CT molecular complexity index is 315. The number of hydrogen-bond donors (Lipinski definition) is 1. The van der Waals surface area contributed by atoms with Crippen molar-refractivity contribution in [1.29, 1.82) is 0 Å². The zero-order chi connectivity index (χ0) is 11.4. The molecule has 1 N–H and O–H groups in total. The molecule has 0 aliphatic rings. The fraction of sp³-hybridized carbons (Fsp3) is 0.571. The highest BCUT2D eigenvalue weighted by molar-refractivity contribution is 5.32. The van der Waals surface area contributed by atoms with Gasteiger partial charge in [-0.1, -0.05) is 32.0 Å². The third kappa shape index (κ3) is 3.35. The van der Waals surface area contributed by atoms with E-state index in [2.05, 4.69) is 45.9 Å². The second-order valence-electron chi connectivity index (χ2n) is 4.85. The molecule has 0 spiro atoms. The first-order valence-corrected chi connectivity index (χ1v) is 5.72. The maximum absolute atomic E-state index is 9.39. The summed E-state index contributed by atoms with van der Waals surface area (Å²) in [6, 6.07) is 6.50. The summed E-state index contributed by atoms with van der Waals surface area (Å²) >= 11 is 0. The highest BCUT2D eigenvalue weighted by Gasteiger charge is 2.12. The smallest absolute Gasteiger partial charge is 0.0499 e. The highest BCUT2D eigenvalue weighted by Crippen LogP contribution is 2.24. The van der Waals surface area contributed by atoms with Crippen LogP contribution in [0.25, 0.3) is 0 Å². The molecule has 0 saturated heterocycles. The molecule has 0 aliphatic heterocycles. The summed E-state index contributed by atoms with van der Waals surface area (Å²) in [4.78, 5) is 0. The Hall–Kier alpha value is -0.820. The minimum Gasteiger partial charge on any atom is -0.396 e. The van der Waals surface area contributed by atoms with Gasteiger partial charge < -0.3 is 5.11 Å². The molecular formula is C14H22O. The monoisotopic (exact) mass is 206 g/mol. The molecule has 1 nitrogen and oxygen atoms in total. The van der Waals surface area contributed by atoms with Crippen LogP contribution in [-0.2, 0) is 0 Å². The van der Waals surface area contributed by atoms with Crippen molar-refractivity contribution in [1.82, 2.24) is 0 Å². The molecule has 15 heavy (non-hydrogen) atoms. The normalized spacial score (nSPS) is 13.2. The Morgan fingerprint density at radius 2 is 1.80 bits per heavy atom. The molecule has 1 unspecified atom stereocenters. The van der Waals surface area contributed by atoms with Crippen LogP contribution in [0.5, 0.6) is 0 Å². The largest absolute Gasteiger partial charge is 0.396 e. The predicted molar refractivity (Wildman–Crippen MR) is 65.2 cm³/mol. The Morgan fingerprint density at radius 3 is 2.27 bits per heavy atom. The van der Waals surface area contributed by atoms with Crippen LogP contribution in [0.1, 0.15) is 42.9 Å². The van der Waals surface area contributed by atoms with Crippen molar-refractivity contribution >= 4 is 0 Å². The lowest BCUT2D eigenvalue weighted by Crippen LogP contribution is -2.08. The van der Waals surface area contributed by atoms with Crippen molar-refractivity contribution in [3.8, 4) is 0 Å². The standard InChI is InChI=1S/C14H22O/c1-10(2)7-14(9-15)13-6-5-11(3)12(4)8-13/h5-6,8,10,14-15H,7,9H2,1-4H3. The minimum absolute atomic E-state index is 0.251. The molecule has 0 radical (unpaired) electrons. The molecule has 1 atom stereocenters.